The number of halogens is 1. The Morgan fingerprint density at radius 2 is 1.53 bits per heavy atom. The van der Waals surface area contributed by atoms with Gasteiger partial charge >= 0.3 is 0 Å². The number of aromatic nitrogens is 4. The van der Waals surface area contributed by atoms with Gasteiger partial charge in [0.2, 0.25) is 0 Å². The molecule has 152 valence electrons. The van der Waals surface area contributed by atoms with Crippen LogP contribution in [0.5, 0.6) is 0 Å². The second-order valence-corrected chi connectivity index (χ2v) is 8.60. The van der Waals surface area contributed by atoms with Crippen molar-refractivity contribution in [3.63, 3.8) is 0 Å². The number of hydrogen-bond donors (Lipinski definition) is 0. The van der Waals surface area contributed by atoms with Gasteiger partial charge in [-0.3, -0.25) is 14.3 Å². The Kier molecular flexibility index (Phi) is 5.03. The third-order valence-electron chi connectivity index (χ3n) is 4.89. The molecule has 0 bridgehead atoms. The highest BCUT2D eigenvalue weighted by atomic mass is 35.5. The van der Waals surface area contributed by atoms with Crippen LogP contribution in [-0.4, -0.2) is 25.3 Å². The van der Waals surface area contributed by atoms with Crippen molar-refractivity contribution in [2.24, 2.45) is 0 Å². The molecule has 2 aromatic heterocycles. The first-order valence-corrected chi connectivity index (χ1v) is 9.95. The lowest BCUT2D eigenvalue weighted by atomic mass is 10.0. The number of ketones is 1. The quantitative estimate of drug-likeness (QED) is 0.462. The van der Waals surface area contributed by atoms with Crippen molar-refractivity contribution in [3.05, 3.63) is 93.0 Å². The number of carbonyl (C=O) groups excluding carboxylic acids is 1. The number of carbonyl (C=O) groups is 1. The Morgan fingerprint density at radius 1 is 0.933 bits per heavy atom. The summed E-state index contributed by atoms with van der Waals surface area (Å²) in [6.45, 7) is 6.28. The summed E-state index contributed by atoms with van der Waals surface area (Å²) in [5.74, 6) is -0.0605. The van der Waals surface area contributed by atoms with E-state index in [0.29, 0.717) is 33.6 Å². The average Bonchev–Trinajstić information content (AvgIpc) is 3.12. The minimum atomic E-state index is -0.403. The summed E-state index contributed by atoms with van der Waals surface area (Å²) >= 11 is 5.89. The number of hydrogen-bond acceptors (Lipinski definition) is 4. The molecule has 0 spiro atoms. The molecule has 2 aromatic carbocycles. The number of nitrogens with zero attached hydrogens (tertiary/aromatic N) is 4. The topological polar surface area (TPSA) is 69.8 Å². The van der Waals surface area contributed by atoms with E-state index in [1.54, 1.807) is 53.5 Å². The van der Waals surface area contributed by atoms with Gasteiger partial charge in [0.25, 0.3) is 5.56 Å². The summed E-state index contributed by atoms with van der Waals surface area (Å²) in [6.07, 6.45) is 3.26. The predicted octanol–water partition coefficient (Wildman–Crippen LogP) is 4.28. The monoisotopic (exact) mass is 420 g/mol. The highest BCUT2D eigenvalue weighted by molar-refractivity contribution is 6.30. The smallest absolute Gasteiger partial charge is 0.278 e. The van der Waals surface area contributed by atoms with E-state index in [-0.39, 0.29) is 11.3 Å². The molecule has 0 aliphatic heterocycles. The van der Waals surface area contributed by atoms with Crippen LogP contribution >= 0.6 is 11.6 Å². The molecule has 0 saturated heterocycles. The maximum absolute atomic E-state index is 12.7. The van der Waals surface area contributed by atoms with Crippen LogP contribution < -0.4 is 5.56 Å². The summed E-state index contributed by atoms with van der Waals surface area (Å²) in [5.41, 5.74) is 2.27. The van der Waals surface area contributed by atoms with Gasteiger partial charge in [0.05, 0.1) is 35.4 Å². The molecule has 4 aromatic rings. The molecule has 30 heavy (non-hydrogen) atoms. The van der Waals surface area contributed by atoms with E-state index < -0.39 is 5.54 Å². The Bertz CT molecular complexity index is 1280. The number of fused-ring (bicyclic) bond motifs is 1. The fourth-order valence-electron chi connectivity index (χ4n) is 3.28. The minimum absolute atomic E-state index is 0.0605. The average molecular weight is 421 g/mol. The summed E-state index contributed by atoms with van der Waals surface area (Å²) in [6, 6.07) is 14.2. The molecule has 6 nitrogen and oxygen atoms in total. The van der Waals surface area contributed by atoms with Crippen molar-refractivity contribution < 1.29 is 4.79 Å². The van der Waals surface area contributed by atoms with Crippen LogP contribution in [0.1, 0.15) is 42.3 Å². The Labute approximate surface area is 178 Å². The first-order chi connectivity index (χ1) is 14.2. The van der Waals surface area contributed by atoms with E-state index in [4.69, 9.17) is 11.6 Å². The molecule has 0 N–H and O–H groups in total. The minimum Gasteiger partial charge on any atom is -0.289 e. The van der Waals surface area contributed by atoms with E-state index in [1.807, 2.05) is 32.9 Å². The predicted molar refractivity (Wildman–Crippen MR) is 117 cm³/mol. The molecule has 4 rings (SSSR count). The van der Waals surface area contributed by atoms with Crippen molar-refractivity contribution >= 4 is 28.3 Å². The van der Waals surface area contributed by atoms with Gasteiger partial charge in [-0.2, -0.15) is 10.2 Å². The van der Waals surface area contributed by atoms with Crippen LogP contribution in [0.4, 0.5) is 0 Å². The summed E-state index contributed by atoms with van der Waals surface area (Å²) in [7, 11) is 0. The van der Waals surface area contributed by atoms with E-state index in [1.165, 1.54) is 4.68 Å². The van der Waals surface area contributed by atoms with E-state index in [0.717, 1.165) is 5.56 Å². The first kappa shape index (κ1) is 20.0. The standard InChI is InChI=1S/C23H21ClN4O2/c1-23(2,3)28-22(30)19-12-25-27(20(19)13-26-28)14-15-4-6-16(7-5-15)21(29)17-8-10-18(24)11-9-17/h4-13H,14H2,1-3H3. The van der Waals surface area contributed by atoms with E-state index in [9.17, 15) is 9.59 Å². The normalized spacial score (nSPS) is 11.7. The third-order valence-corrected chi connectivity index (χ3v) is 5.14. The Morgan fingerprint density at radius 3 is 2.13 bits per heavy atom. The van der Waals surface area contributed by atoms with Crippen LogP contribution in [0, 0.1) is 0 Å². The molecule has 0 unspecified atom stereocenters. The maximum Gasteiger partial charge on any atom is 0.278 e. The molecule has 7 heteroatoms. The maximum atomic E-state index is 12.7. The SMILES string of the molecule is CC(C)(C)n1ncc2c(cnn2Cc2ccc(C(=O)c3ccc(Cl)cc3)cc2)c1=O. The number of rotatable bonds is 4. The molecule has 0 saturated carbocycles. The van der Waals surface area contributed by atoms with E-state index >= 15 is 0 Å². The zero-order chi connectivity index (χ0) is 21.5. The lowest BCUT2D eigenvalue weighted by Gasteiger charge is -2.20. The van der Waals surface area contributed by atoms with Gasteiger partial charge in [0.15, 0.2) is 5.78 Å². The Balaban J connectivity index is 1.58. The first-order valence-electron chi connectivity index (χ1n) is 9.57. The van der Waals surface area contributed by atoms with Crippen LogP contribution in [0.3, 0.4) is 0 Å². The molecular weight excluding hydrogens is 400 g/mol. The van der Waals surface area contributed by atoms with Gasteiger partial charge in [-0.05, 0) is 50.6 Å². The zero-order valence-electron chi connectivity index (χ0n) is 17.0. The molecule has 0 aliphatic rings. The summed E-state index contributed by atoms with van der Waals surface area (Å²) in [5, 5.41) is 9.82. The van der Waals surface area contributed by atoms with Gasteiger partial charge in [-0.1, -0.05) is 35.9 Å². The van der Waals surface area contributed by atoms with E-state index in [2.05, 4.69) is 10.2 Å². The van der Waals surface area contributed by atoms with Gasteiger partial charge in [-0.15, -0.1) is 0 Å². The third kappa shape index (κ3) is 3.78. The van der Waals surface area contributed by atoms with Gasteiger partial charge in [-0.25, -0.2) is 4.68 Å². The summed E-state index contributed by atoms with van der Waals surface area (Å²) < 4.78 is 3.21. The lowest BCUT2D eigenvalue weighted by molar-refractivity contribution is 0.103. The highest BCUT2D eigenvalue weighted by Gasteiger charge is 2.19. The fourth-order valence-corrected chi connectivity index (χ4v) is 3.41. The summed E-state index contributed by atoms with van der Waals surface area (Å²) in [4.78, 5) is 25.3. The van der Waals surface area contributed by atoms with Gasteiger partial charge < -0.3 is 0 Å². The molecular formula is C23H21ClN4O2. The second kappa shape index (κ2) is 7.54. The number of benzene rings is 2. The fraction of sp³-hybridized carbons (Fsp3) is 0.217. The molecule has 0 amide bonds. The van der Waals surface area contributed by atoms with Crippen LogP contribution in [0.2, 0.25) is 5.02 Å². The van der Waals surface area contributed by atoms with Gasteiger partial charge in [0.1, 0.15) is 0 Å². The van der Waals surface area contributed by atoms with Crippen molar-refractivity contribution in [3.8, 4) is 0 Å². The van der Waals surface area contributed by atoms with Gasteiger partial charge in [0, 0.05) is 16.1 Å². The molecule has 0 fully saturated rings. The lowest BCUT2D eigenvalue weighted by Crippen LogP contribution is -2.35. The molecule has 0 aliphatic carbocycles. The molecule has 2 heterocycles. The van der Waals surface area contributed by atoms with Crippen molar-refractivity contribution in [1.82, 2.24) is 19.6 Å². The Hall–Kier alpha value is -3.25. The van der Waals surface area contributed by atoms with Crippen LogP contribution in [0.15, 0.2) is 65.7 Å². The van der Waals surface area contributed by atoms with Crippen molar-refractivity contribution in [2.75, 3.05) is 0 Å². The largest absolute Gasteiger partial charge is 0.289 e. The van der Waals surface area contributed by atoms with Crippen molar-refractivity contribution in [2.45, 2.75) is 32.9 Å². The van der Waals surface area contributed by atoms with Crippen LogP contribution in [0.25, 0.3) is 10.9 Å². The molecule has 0 radical (unpaired) electrons. The highest BCUT2D eigenvalue weighted by Crippen LogP contribution is 2.17. The van der Waals surface area contributed by atoms with Crippen LogP contribution in [-0.2, 0) is 12.1 Å². The van der Waals surface area contributed by atoms with Crippen molar-refractivity contribution in [1.29, 1.82) is 0 Å². The second-order valence-electron chi connectivity index (χ2n) is 8.17. The zero-order valence-corrected chi connectivity index (χ0v) is 17.7. The molecule has 0 atom stereocenters.